The number of carbonyl (C=O) groups is 1. The molecule has 19 heavy (non-hydrogen) atoms. The first kappa shape index (κ1) is 14.8. The maximum absolute atomic E-state index is 11.4. The third kappa shape index (κ3) is 4.44. The second-order valence-corrected chi connectivity index (χ2v) is 6.22. The van der Waals surface area contributed by atoms with Gasteiger partial charge in [-0.3, -0.25) is 4.79 Å². The summed E-state index contributed by atoms with van der Waals surface area (Å²) in [6, 6.07) is 0.339. The van der Waals surface area contributed by atoms with E-state index in [0.29, 0.717) is 6.04 Å². The normalized spacial score (nSPS) is 30.2. The Morgan fingerprint density at radius 3 is 2.89 bits per heavy atom. The smallest absolute Gasteiger partial charge is 0.234 e. The topological polar surface area (TPSA) is 67.6 Å². The van der Waals surface area contributed by atoms with Gasteiger partial charge in [0.25, 0.3) is 0 Å². The molecule has 1 saturated heterocycles. The van der Waals surface area contributed by atoms with Crippen molar-refractivity contribution < 1.29 is 9.53 Å². The number of piperidine rings is 1. The van der Waals surface area contributed by atoms with Crippen molar-refractivity contribution in [2.45, 2.75) is 56.7 Å². The van der Waals surface area contributed by atoms with Crippen molar-refractivity contribution in [1.82, 2.24) is 10.2 Å². The number of hydrogen-bond donors (Lipinski definition) is 2. The molecule has 0 bridgehead atoms. The highest BCUT2D eigenvalue weighted by Crippen LogP contribution is 2.24. The number of rotatable bonds is 7. The molecule has 2 rings (SSSR count). The third-order valence-corrected chi connectivity index (χ3v) is 4.32. The van der Waals surface area contributed by atoms with Crippen molar-refractivity contribution in [3.8, 4) is 0 Å². The lowest BCUT2D eigenvalue weighted by atomic mass is 9.94. The van der Waals surface area contributed by atoms with E-state index < -0.39 is 0 Å². The van der Waals surface area contributed by atoms with Crippen molar-refractivity contribution in [2.75, 3.05) is 26.7 Å². The van der Waals surface area contributed by atoms with Crippen LogP contribution < -0.4 is 11.1 Å². The Morgan fingerprint density at radius 2 is 2.32 bits per heavy atom. The van der Waals surface area contributed by atoms with Gasteiger partial charge in [0.1, 0.15) is 0 Å². The van der Waals surface area contributed by atoms with Crippen LogP contribution in [0.1, 0.15) is 39.0 Å². The molecule has 0 aromatic heterocycles. The highest BCUT2D eigenvalue weighted by Gasteiger charge is 2.32. The molecule has 1 saturated carbocycles. The molecular weight excluding hydrogens is 242 g/mol. The van der Waals surface area contributed by atoms with E-state index in [4.69, 9.17) is 10.5 Å². The van der Waals surface area contributed by atoms with Crippen LogP contribution in [0.3, 0.4) is 0 Å². The zero-order valence-corrected chi connectivity index (χ0v) is 12.2. The lowest BCUT2D eigenvalue weighted by molar-refractivity contribution is -0.120. The van der Waals surface area contributed by atoms with E-state index in [0.717, 1.165) is 38.9 Å². The predicted molar refractivity (Wildman–Crippen MR) is 74.8 cm³/mol. The average molecular weight is 269 g/mol. The summed E-state index contributed by atoms with van der Waals surface area (Å²) in [4.78, 5) is 13.8. The molecule has 2 atom stereocenters. The lowest BCUT2D eigenvalue weighted by Crippen LogP contribution is -2.50. The van der Waals surface area contributed by atoms with Crippen LogP contribution in [-0.4, -0.2) is 55.2 Å². The highest BCUT2D eigenvalue weighted by atomic mass is 16.5. The largest absolute Gasteiger partial charge is 0.377 e. The minimum atomic E-state index is -0.224. The summed E-state index contributed by atoms with van der Waals surface area (Å²) in [5.41, 5.74) is 5.43. The van der Waals surface area contributed by atoms with Crippen LogP contribution in [0.5, 0.6) is 0 Å². The fourth-order valence-electron chi connectivity index (χ4n) is 2.82. The Labute approximate surface area is 115 Å². The quantitative estimate of drug-likeness (QED) is 0.705. The molecule has 0 aromatic rings. The summed E-state index contributed by atoms with van der Waals surface area (Å²) < 4.78 is 5.59. The fraction of sp³-hybridized carbons (Fsp3) is 0.929. The van der Waals surface area contributed by atoms with Crippen LogP contribution in [0.2, 0.25) is 0 Å². The first-order chi connectivity index (χ1) is 9.02. The highest BCUT2D eigenvalue weighted by molar-refractivity contribution is 5.79. The Hall–Kier alpha value is -0.650. The van der Waals surface area contributed by atoms with Crippen LogP contribution in [0.25, 0.3) is 0 Å². The summed E-state index contributed by atoms with van der Waals surface area (Å²) in [5.74, 6) is -0.224. The van der Waals surface area contributed by atoms with Gasteiger partial charge in [-0.05, 0) is 45.6 Å². The monoisotopic (exact) mass is 269 g/mol. The lowest BCUT2D eigenvalue weighted by Gasteiger charge is -2.39. The molecule has 2 aliphatic rings. The van der Waals surface area contributed by atoms with Gasteiger partial charge in [-0.25, -0.2) is 0 Å². The number of nitrogens with zero attached hydrogens (tertiary/aromatic N) is 1. The number of ether oxygens (including phenoxy) is 1. The van der Waals surface area contributed by atoms with E-state index in [1.807, 2.05) is 0 Å². The van der Waals surface area contributed by atoms with Gasteiger partial charge in [-0.15, -0.1) is 0 Å². The number of methoxy groups -OCH3 is 1. The summed E-state index contributed by atoms with van der Waals surface area (Å²) in [6.45, 7) is 5.10. The maximum atomic E-state index is 11.4. The molecular formula is C14H27N3O2. The SMILES string of the molecule is COC1(C)CCCN(CCC(NC2CC2)C(N)=O)C1. The van der Waals surface area contributed by atoms with Crippen LogP contribution in [0, 0.1) is 0 Å². The number of hydrogen-bond acceptors (Lipinski definition) is 4. The molecule has 3 N–H and O–H groups in total. The van der Waals surface area contributed by atoms with Gasteiger partial charge in [0, 0.05) is 26.2 Å². The van der Waals surface area contributed by atoms with Gasteiger partial charge in [0.05, 0.1) is 11.6 Å². The molecule has 2 unspecified atom stereocenters. The van der Waals surface area contributed by atoms with Gasteiger partial charge < -0.3 is 20.7 Å². The second kappa shape index (κ2) is 6.20. The van der Waals surface area contributed by atoms with Gasteiger partial charge >= 0.3 is 0 Å². The summed E-state index contributed by atoms with van der Waals surface area (Å²) in [7, 11) is 1.78. The Morgan fingerprint density at radius 1 is 1.58 bits per heavy atom. The summed E-state index contributed by atoms with van der Waals surface area (Å²) >= 11 is 0. The number of nitrogens with two attached hydrogens (primary N) is 1. The van der Waals surface area contributed by atoms with Crippen molar-refractivity contribution in [3.05, 3.63) is 0 Å². The molecule has 2 fully saturated rings. The zero-order chi connectivity index (χ0) is 13.9. The number of carbonyl (C=O) groups excluding carboxylic acids is 1. The number of amides is 1. The third-order valence-electron chi connectivity index (χ3n) is 4.32. The molecule has 1 aliphatic carbocycles. The molecule has 110 valence electrons. The van der Waals surface area contributed by atoms with Crippen LogP contribution in [0.15, 0.2) is 0 Å². The maximum Gasteiger partial charge on any atom is 0.234 e. The van der Waals surface area contributed by atoms with E-state index in [2.05, 4.69) is 17.1 Å². The predicted octanol–water partition coefficient (Wildman–Crippen LogP) is 0.483. The summed E-state index contributed by atoms with van der Waals surface area (Å²) in [5, 5.41) is 3.33. The molecule has 0 aromatic carbocycles. The van der Waals surface area contributed by atoms with Gasteiger partial charge in [-0.2, -0.15) is 0 Å². The second-order valence-electron chi connectivity index (χ2n) is 6.22. The standard InChI is InChI=1S/C14H27N3O2/c1-14(19-2)7-3-8-17(10-14)9-6-12(13(15)18)16-11-4-5-11/h11-12,16H,3-10H2,1-2H3,(H2,15,18). The number of likely N-dealkylation sites (tertiary alicyclic amines) is 1. The molecule has 5 nitrogen and oxygen atoms in total. The fourth-order valence-corrected chi connectivity index (χ4v) is 2.82. The van der Waals surface area contributed by atoms with Crippen molar-refractivity contribution in [1.29, 1.82) is 0 Å². The van der Waals surface area contributed by atoms with Crippen LogP contribution in [-0.2, 0) is 9.53 Å². The Bertz CT molecular complexity index is 320. The van der Waals surface area contributed by atoms with E-state index in [-0.39, 0.29) is 17.6 Å². The summed E-state index contributed by atoms with van der Waals surface area (Å²) in [6.07, 6.45) is 5.41. The first-order valence-electron chi connectivity index (χ1n) is 7.35. The average Bonchev–Trinajstić information content (AvgIpc) is 3.18. The van der Waals surface area contributed by atoms with Crippen LogP contribution in [0.4, 0.5) is 0 Å². The molecule has 1 aliphatic heterocycles. The van der Waals surface area contributed by atoms with Gasteiger partial charge in [-0.1, -0.05) is 0 Å². The van der Waals surface area contributed by atoms with Gasteiger partial charge in [0.15, 0.2) is 0 Å². The van der Waals surface area contributed by atoms with Crippen molar-refractivity contribution in [3.63, 3.8) is 0 Å². The van der Waals surface area contributed by atoms with E-state index in [1.165, 1.54) is 12.8 Å². The van der Waals surface area contributed by atoms with Gasteiger partial charge in [0.2, 0.25) is 5.91 Å². The van der Waals surface area contributed by atoms with E-state index in [9.17, 15) is 4.79 Å². The number of primary amides is 1. The Kier molecular flexibility index (Phi) is 4.81. The van der Waals surface area contributed by atoms with E-state index in [1.54, 1.807) is 7.11 Å². The van der Waals surface area contributed by atoms with Crippen LogP contribution >= 0.6 is 0 Å². The first-order valence-corrected chi connectivity index (χ1v) is 7.35. The van der Waals surface area contributed by atoms with Crippen molar-refractivity contribution in [2.24, 2.45) is 5.73 Å². The van der Waals surface area contributed by atoms with E-state index >= 15 is 0 Å². The minimum Gasteiger partial charge on any atom is -0.377 e. The zero-order valence-electron chi connectivity index (χ0n) is 12.2. The molecule has 0 spiro atoms. The number of nitrogens with one attached hydrogen (secondary N) is 1. The van der Waals surface area contributed by atoms with Crippen molar-refractivity contribution >= 4 is 5.91 Å². The molecule has 0 radical (unpaired) electrons. The molecule has 5 heteroatoms. The Balaban J connectivity index is 1.77. The molecule has 1 amide bonds. The minimum absolute atomic E-state index is 0.0373. The molecule has 1 heterocycles.